The summed E-state index contributed by atoms with van der Waals surface area (Å²) >= 11 is 12.1. The number of nitrogens with one attached hydrogen (secondary N) is 1. The summed E-state index contributed by atoms with van der Waals surface area (Å²) in [4.78, 5) is 2.43. The Labute approximate surface area is 132 Å². The number of hydrogen-bond acceptors (Lipinski definition) is 2. The van der Waals surface area contributed by atoms with Crippen LogP contribution in [0.2, 0.25) is 10.0 Å². The van der Waals surface area contributed by atoms with Gasteiger partial charge in [0.25, 0.3) is 0 Å². The molecule has 20 heavy (non-hydrogen) atoms. The quantitative estimate of drug-likeness (QED) is 0.879. The molecular weight excluding hydrogens is 291 g/mol. The lowest BCUT2D eigenvalue weighted by atomic mass is 9.96. The molecule has 3 atom stereocenters. The summed E-state index contributed by atoms with van der Waals surface area (Å²) in [6.07, 6.45) is 3.46. The predicted octanol–water partition coefficient (Wildman–Crippen LogP) is 4.52. The molecule has 1 N–H and O–H groups in total. The maximum atomic E-state index is 6.13. The van der Waals surface area contributed by atoms with Gasteiger partial charge < -0.3 is 10.2 Å². The highest BCUT2D eigenvalue weighted by atomic mass is 35.5. The second-order valence-corrected chi connectivity index (χ2v) is 6.67. The van der Waals surface area contributed by atoms with E-state index in [2.05, 4.69) is 37.2 Å². The van der Waals surface area contributed by atoms with Crippen LogP contribution in [-0.4, -0.2) is 30.6 Å². The van der Waals surface area contributed by atoms with Crippen LogP contribution in [0.25, 0.3) is 0 Å². The van der Waals surface area contributed by atoms with E-state index in [0.29, 0.717) is 28.2 Å². The zero-order chi connectivity index (χ0) is 14.7. The molecule has 1 aromatic carbocycles. The number of halogens is 2. The molecule has 0 amide bonds. The van der Waals surface area contributed by atoms with Crippen LogP contribution in [0.5, 0.6) is 0 Å². The molecule has 0 aromatic heterocycles. The van der Waals surface area contributed by atoms with Crippen LogP contribution >= 0.6 is 23.2 Å². The largest absolute Gasteiger partial charge is 0.307 e. The Kier molecular flexibility index (Phi) is 5.74. The van der Waals surface area contributed by atoms with Gasteiger partial charge in [-0.15, -0.1) is 0 Å². The topological polar surface area (TPSA) is 15.3 Å². The van der Waals surface area contributed by atoms with E-state index in [4.69, 9.17) is 23.2 Å². The van der Waals surface area contributed by atoms with Crippen molar-refractivity contribution in [1.29, 1.82) is 0 Å². The second kappa shape index (κ2) is 7.13. The molecule has 0 bridgehead atoms. The number of hydrogen-bond donors (Lipinski definition) is 1. The summed E-state index contributed by atoms with van der Waals surface area (Å²) in [7, 11) is 2.21. The van der Waals surface area contributed by atoms with Gasteiger partial charge in [0.1, 0.15) is 0 Å². The molecule has 0 spiro atoms. The van der Waals surface area contributed by atoms with Gasteiger partial charge in [0.05, 0.1) is 10.0 Å². The lowest BCUT2D eigenvalue weighted by Crippen LogP contribution is -2.46. The highest BCUT2D eigenvalue weighted by molar-refractivity contribution is 6.42. The van der Waals surface area contributed by atoms with Crippen LogP contribution in [0.3, 0.4) is 0 Å². The minimum atomic E-state index is 0.352. The molecule has 2 nitrogen and oxygen atoms in total. The van der Waals surface area contributed by atoms with Gasteiger partial charge in [0, 0.05) is 18.1 Å². The van der Waals surface area contributed by atoms with Gasteiger partial charge in [0.2, 0.25) is 0 Å². The van der Waals surface area contributed by atoms with Crippen molar-refractivity contribution in [3.63, 3.8) is 0 Å². The number of piperidine rings is 1. The van der Waals surface area contributed by atoms with Crippen LogP contribution in [0, 0.1) is 0 Å². The molecule has 1 heterocycles. The predicted molar refractivity (Wildman–Crippen MR) is 87.7 cm³/mol. The minimum Gasteiger partial charge on any atom is -0.307 e. The summed E-state index contributed by atoms with van der Waals surface area (Å²) < 4.78 is 0. The summed E-state index contributed by atoms with van der Waals surface area (Å²) in [6, 6.07) is 7.54. The van der Waals surface area contributed by atoms with E-state index in [1.165, 1.54) is 18.4 Å². The molecule has 4 heteroatoms. The van der Waals surface area contributed by atoms with E-state index in [1.807, 2.05) is 12.1 Å². The summed E-state index contributed by atoms with van der Waals surface area (Å²) in [5, 5.41) is 5.05. The lowest BCUT2D eigenvalue weighted by Gasteiger charge is -2.37. The van der Waals surface area contributed by atoms with Crippen molar-refractivity contribution in [1.82, 2.24) is 10.2 Å². The molecule has 0 aliphatic carbocycles. The first kappa shape index (κ1) is 16.1. The van der Waals surface area contributed by atoms with Gasteiger partial charge in [-0.25, -0.2) is 0 Å². The van der Waals surface area contributed by atoms with E-state index in [9.17, 15) is 0 Å². The summed E-state index contributed by atoms with van der Waals surface area (Å²) in [5.74, 6) is 0. The molecule has 2 rings (SSSR count). The molecule has 1 aliphatic rings. The van der Waals surface area contributed by atoms with Crippen molar-refractivity contribution in [3.8, 4) is 0 Å². The van der Waals surface area contributed by atoms with Gasteiger partial charge in [-0.1, -0.05) is 36.2 Å². The Morgan fingerprint density at radius 2 is 2.10 bits per heavy atom. The van der Waals surface area contributed by atoms with E-state index in [1.54, 1.807) is 0 Å². The lowest BCUT2D eigenvalue weighted by molar-refractivity contribution is 0.161. The number of rotatable bonds is 4. The molecule has 1 fully saturated rings. The van der Waals surface area contributed by atoms with E-state index < -0.39 is 0 Å². The average molecular weight is 315 g/mol. The zero-order valence-electron chi connectivity index (χ0n) is 12.5. The molecule has 0 radical (unpaired) electrons. The van der Waals surface area contributed by atoms with Crippen molar-refractivity contribution in [2.24, 2.45) is 0 Å². The number of likely N-dealkylation sites (tertiary alicyclic amines) is 1. The molecule has 1 aromatic rings. The third-order valence-corrected chi connectivity index (χ3v) is 5.14. The van der Waals surface area contributed by atoms with Crippen LogP contribution in [0.4, 0.5) is 0 Å². The highest BCUT2D eigenvalue weighted by Gasteiger charge is 2.24. The highest BCUT2D eigenvalue weighted by Crippen LogP contribution is 2.28. The molecule has 0 saturated carbocycles. The fourth-order valence-corrected chi connectivity index (χ4v) is 3.21. The van der Waals surface area contributed by atoms with Gasteiger partial charge in [0.15, 0.2) is 0 Å². The Bertz CT molecular complexity index is 450. The normalized spacial score (nSPS) is 25.6. The summed E-state index contributed by atoms with van der Waals surface area (Å²) in [5.41, 5.74) is 1.23. The molecule has 1 aliphatic heterocycles. The van der Waals surface area contributed by atoms with Crippen LogP contribution in [-0.2, 0) is 0 Å². The Hall–Kier alpha value is -0.280. The number of nitrogens with zero attached hydrogens (tertiary/aromatic N) is 1. The SMILES string of the molecule is CCC(NC1CCN(C)C(C)C1)c1ccc(Cl)c(Cl)c1. The smallest absolute Gasteiger partial charge is 0.0595 e. The Balaban J connectivity index is 2.03. The van der Waals surface area contributed by atoms with Crippen LogP contribution in [0.1, 0.15) is 44.7 Å². The minimum absolute atomic E-state index is 0.352. The van der Waals surface area contributed by atoms with Crippen molar-refractivity contribution in [3.05, 3.63) is 33.8 Å². The third-order valence-electron chi connectivity index (χ3n) is 4.40. The van der Waals surface area contributed by atoms with Gasteiger partial charge in [-0.2, -0.15) is 0 Å². The second-order valence-electron chi connectivity index (χ2n) is 5.85. The average Bonchev–Trinajstić information content (AvgIpc) is 2.43. The molecule has 112 valence electrons. The van der Waals surface area contributed by atoms with Gasteiger partial charge in [-0.3, -0.25) is 0 Å². The molecular formula is C16H24Cl2N2. The first-order valence-electron chi connectivity index (χ1n) is 7.42. The van der Waals surface area contributed by atoms with Crippen molar-refractivity contribution in [2.45, 2.75) is 51.2 Å². The Morgan fingerprint density at radius 3 is 2.70 bits per heavy atom. The van der Waals surface area contributed by atoms with Gasteiger partial charge >= 0.3 is 0 Å². The van der Waals surface area contributed by atoms with E-state index in [0.717, 1.165) is 13.0 Å². The van der Waals surface area contributed by atoms with Crippen molar-refractivity contribution >= 4 is 23.2 Å². The molecule has 3 unspecified atom stereocenters. The van der Waals surface area contributed by atoms with Gasteiger partial charge in [-0.05, 0) is 57.5 Å². The first-order valence-corrected chi connectivity index (χ1v) is 8.18. The van der Waals surface area contributed by atoms with Crippen molar-refractivity contribution < 1.29 is 0 Å². The maximum absolute atomic E-state index is 6.13. The number of benzene rings is 1. The van der Waals surface area contributed by atoms with E-state index in [-0.39, 0.29) is 0 Å². The van der Waals surface area contributed by atoms with E-state index >= 15 is 0 Å². The fraction of sp³-hybridized carbons (Fsp3) is 0.625. The standard InChI is InChI=1S/C16H24Cl2N2/c1-4-16(12-5-6-14(17)15(18)10-12)19-13-7-8-20(3)11(2)9-13/h5-6,10-11,13,16,19H,4,7-9H2,1-3H3. The third kappa shape index (κ3) is 3.88. The fourth-order valence-electron chi connectivity index (χ4n) is 2.90. The monoisotopic (exact) mass is 314 g/mol. The Morgan fingerprint density at radius 1 is 1.35 bits per heavy atom. The van der Waals surface area contributed by atoms with Crippen LogP contribution < -0.4 is 5.32 Å². The van der Waals surface area contributed by atoms with Crippen LogP contribution in [0.15, 0.2) is 18.2 Å². The van der Waals surface area contributed by atoms with Crippen molar-refractivity contribution in [2.75, 3.05) is 13.6 Å². The molecule has 1 saturated heterocycles. The first-order chi connectivity index (χ1) is 9.51. The summed E-state index contributed by atoms with van der Waals surface area (Å²) in [6.45, 7) is 5.67. The maximum Gasteiger partial charge on any atom is 0.0595 e. The zero-order valence-corrected chi connectivity index (χ0v) is 14.0.